The van der Waals surface area contributed by atoms with Gasteiger partial charge in [0.2, 0.25) is 0 Å². The number of nitrogens with two attached hydrogens (primary N) is 3. The van der Waals surface area contributed by atoms with Gasteiger partial charge in [-0.1, -0.05) is 12.8 Å². The second kappa shape index (κ2) is 9.57. The number of carboxylic acid groups (broad SMARTS) is 1. The Balaban J connectivity index is 3.36. The minimum absolute atomic E-state index is 0.166. The van der Waals surface area contributed by atoms with Gasteiger partial charge in [-0.05, 0) is 38.6 Å². The fourth-order valence-corrected chi connectivity index (χ4v) is 1.60. The van der Waals surface area contributed by atoms with Crippen LogP contribution in [-0.2, 0) is 4.79 Å². The molecule has 0 aromatic carbocycles. The first-order valence-corrected chi connectivity index (χ1v) is 6.02. The molecule has 0 bridgehead atoms. The van der Waals surface area contributed by atoms with Crippen LogP contribution in [0.3, 0.4) is 0 Å². The lowest BCUT2D eigenvalue weighted by molar-refractivity contribution is -0.138. The third kappa shape index (κ3) is 8.64. The summed E-state index contributed by atoms with van der Waals surface area (Å²) in [7, 11) is 0. The largest absolute Gasteiger partial charge is 0.480 e. The second-order valence-corrected chi connectivity index (χ2v) is 4.27. The molecular weight excluding hydrogens is 206 g/mol. The van der Waals surface area contributed by atoms with Gasteiger partial charge >= 0.3 is 5.97 Å². The molecular formula is C11H25N3O2. The zero-order chi connectivity index (χ0) is 12.4. The molecule has 0 heterocycles. The van der Waals surface area contributed by atoms with Crippen LogP contribution in [0.15, 0.2) is 0 Å². The van der Waals surface area contributed by atoms with Gasteiger partial charge in [0.05, 0.1) is 0 Å². The average molecular weight is 231 g/mol. The maximum atomic E-state index is 10.5. The van der Waals surface area contributed by atoms with E-state index in [1.807, 2.05) is 0 Å². The monoisotopic (exact) mass is 231 g/mol. The van der Waals surface area contributed by atoms with Crippen molar-refractivity contribution in [1.82, 2.24) is 0 Å². The molecule has 5 nitrogen and oxygen atoms in total. The molecule has 0 aliphatic rings. The van der Waals surface area contributed by atoms with Crippen molar-refractivity contribution in [2.24, 2.45) is 17.2 Å². The Bertz CT molecular complexity index is 188. The molecule has 7 N–H and O–H groups in total. The fourth-order valence-electron chi connectivity index (χ4n) is 1.60. The minimum Gasteiger partial charge on any atom is -0.480 e. The molecule has 96 valence electrons. The first kappa shape index (κ1) is 15.3. The van der Waals surface area contributed by atoms with Crippen molar-refractivity contribution < 1.29 is 9.90 Å². The Hall–Kier alpha value is -0.650. The first-order chi connectivity index (χ1) is 7.57. The molecule has 5 heteroatoms. The molecule has 0 fully saturated rings. The normalized spacial score (nSPS) is 14.7. The molecule has 0 saturated carbocycles. The summed E-state index contributed by atoms with van der Waals surface area (Å²) < 4.78 is 0. The van der Waals surface area contributed by atoms with Crippen molar-refractivity contribution in [3.8, 4) is 0 Å². The van der Waals surface area contributed by atoms with E-state index in [9.17, 15) is 4.79 Å². The standard InChI is InChI=1S/C11H25N3O2/c12-8-3-1-2-5-9(13)6-4-7-10(14)11(15)16/h9-10H,1-8,12-14H2,(H,15,16)/t9?,10-/m0/s1. The molecule has 0 aliphatic heterocycles. The van der Waals surface area contributed by atoms with E-state index in [0.717, 1.165) is 45.1 Å². The van der Waals surface area contributed by atoms with E-state index in [2.05, 4.69) is 0 Å². The van der Waals surface area contributed by atoms with Crippen LogP contribution in [0.5, 0.6) is 0 Å². The lowest BCUT2D eigenvalue weighted by Crippen LogP contribution is -2.30. The molecule has 0 aliphatic carbocycles. The van der Waals surface area contributed by atoms with Crippen molar-refractivity contribution in [3.63, 3.8) is 0 Å². The molecule has 0 spiro atoms. The number of unbranched alkanes of at least 4 members (excludes halogenated alkanes) is 2. The van der Waals surface area contributed by atoms with Crippen LogP contribution in [0.4, 0.5) is 0 Å². The van der Waals surface area contributed by atoms with Gasteiger partial charge < -0.3 is 22.3 Å². The zero-order valence-electron chi connectivity index (χ0n) is 9.90. The number of aliphatic carboxylic acids is 1. The summed E-state index contributed by atoms with van der Waals surface area (Å²) in [6.07, 6.45) is 6.40. The predicted molar refractivity (Wildman–Crippen MR) is 65.0 cm³/mol. The highest BCUT2D eigenvalue weighted by Crippen LogP contribution is 2.08. The molecule has 1 unspecified atom stereocenters. The Morgan fingerprint density at radius 3 is 2.19 bits per heavy atom. The minimum atomic E-state index is -0.934. The third-order valence-corrected chi connectivity index (χ3v) is 2.69. The van der Waals surface area contributed by atoms with Gasteiger partial charge in [-0.3, -0.25) is 4.79 Å². The Morgan fingerprint density at radius 2 is 1.62 bits per heavy atom. The summed E-state index contributed by atoms with van der Waals surface area (Å²) in [5, 5.41) is 8.58. The van der Waals surface area contributed by atoms with Gasteiger partial charge in [0.1, 0.15) is 6.04 Å². The highest BCUT2D eigenvalue weighted by atomic mass is 16.4. The Morgan fingerprint density at radius 1 is 1.00 bits per heavy atom. The van der Waals surface area contributed by atoms with Crippen molar-refractivity contribution in [2.45, 2.75) is 57.0 Å². The first-order valence-electron chi connectivity index (χ1n) is 6.02. The van der Waals surface area contributed by atoms with Crippen molar-refractivity contribution in [2.75, 3.05) is 6.54 Å². The van der Waals surface area contributed by atoms with Crippen molar-refractivity contribution >= 4 is 5.97 Å². The fraction of sp³-hybridized carbons (Fsp3) is 0.909. The molecule has 0 aromatic heterocycles. The molecule has 0 amide bonds. The number of carbonyl (C=O) groups is 1. The average Bonchev–Trinajstić information content (AvgIpc) is 2.24. The van der Waals surface area contributed by atoms with E-state index in [1.165, 1.54) is 0 Å². The highest BCUT2D eigenvalue weighted by molar-refractivity contribution is 5.72. The van der Waals surface area contributed by atoms with Crippen LogP contribution in [0, 0.1) is 0 Å². The highest BCUT2D eigenvalue weighted by Gasteiger charge is 2.11. The number of rotatable bonds is 10. The van der Waals surface area contributed by atoms with Gasteiger partial charge in [0.15, 0.2) is 0 Å². The zero-order valence-corrected chi connectivity index (χ0v) is 9.90. The lowest BCUT2D eigenvalue weighted by atomic mass is 10.0. The molecule has 0 rings (SSSR count). The SMILES string of the molecule is NCCCCCC(N)CCC[C@H](N)C(=O)O. The van der Waals surface area contributed by atoms with Crippen LogP contribution in [-0.4, -0.2) is 29.7 Å². The van der Waals surface area contributed by atoms with E-state index >= 15 is 0 Å². The maximum absolute atomic E-state index is 10.5. The van der Waals surface area contributed by atoms with Crippen LogP contribution < -0.4 is 17.2 Å². The van der Waals surface area contributed by atoms with Crippen LogP contribution in [0.1, 0.15) is 44.9 Å². The molecule has 0 radical (unpaired) electrons. The van der Waals surface area contributed by atoms with Crippen molar-refractivity contribution in [3.05, 3.63) is 0 Å². The Kier molecular flexibility index (Phi) is 9.18. The number of hydrogen-bond donors (Lipinski definition) is 4. The van der Waals surface area contributed by atoms with E-state index in [4.69, 9.17) is 22.3 Å². The summed E-state index contributed by atoms with van der Waals surface area (Å²) in [4.78, 5) is 10.5. The van der Waals surface area contributed by atoms with E-state index < -0.39 is 12.0 Å². The number of hydrogen-bond acceptors (Lipinski definition) is 4. The van der Waals surface area contributed by atoms with E-state index in [-0.39, 0.29) is 6.04 Å². The molecule has 0 aromatic rings. The molecule has 0 saturated heterocycles. The topological polar surface area (TPSA) is 115 Å². The van der Waals surface area contributed by atoms with Gasteiger partial charge in [0, 0.05) is 6.04 Å². The van der Waals surface area contributed by atoms with Gasteiger partial charge in [0.25, 0.3) is 0 Å². The summed E-state index contributed by atoms with van der Waals surface area (Å²) in [5.41, 5.74) is 16.7. The summed E-state index contributed by atoms with van der Waals surface area (Å²) in [6, 6.07) is -0.580. The maximum Gasteiger partial charge on any atom is 0.320 e. The number of carboxylic acids is 1. The second-order valence-electron chi connectivity index (χ2n) is 4.27. The van der Waals surface area contributed by atoms with Gasteiger partial charge in [-0.2, -0.15) is 0 Å². The quantitative estimate of drug-likeness (QED) is 0.407. The predicted octanol–water partition coefficient (Wildman–Crippen LogP) is 0.415. The summed E-state index contributed by atoms with van der Waals surface area (Å²) >= 11 is 0. The van der Waals surface area contributed by atoms with Gasteiger partial charge in [-0.15, -0.1) is 0 Å². The Labute approximate surface area is 97.4 Å². The van der Waals surface area contributed by atoms with Crippen LogP contribution >= 0.6 is 0 Å². The van der Waals surface area contributed by atoms with E-state index in [1.54, 1.807) is 0 Å². The lowest BCUT2D eigenvalue weighted by Gasteiger charge is -2.12. The smallest absolute Gasteiger partial charge is 0.320 e. The van der Waals surface area contributed by atoms with Gasteiger partial charge in [-0.25, -0.2) is 0 Å². The van der Waals surface area contributed by atoms with E-state index in [0.29, 0.717) is 6.42 Å². The molecule has 2 atom stereocenters. The molecule has 16 heavy (non-hydrogen) atoms. The summed E-state index contributed by atoms with van der Waals surface area (Å²) in [5.74, 6) is -0.934. The van der Waals surface area contributed by atoms with Crippen LogP contribution in [0.25, 0.3) is 0 Å². The van der Waals surface area contributed by atoms with Crippen LogP contribution in [0.2, 0.25) is 0 Å². The van der Waals surface area contributed by atoms with Crippen molar-refractivity contribution in [1.29, 1.82) is 0 Å². The summed E-state index contributed by atoms with van der Waals surface area (Å²) in [6.45, 7) is 0.739. The third-order valence-electron chi connectivity index (χ3n) is 2.69.